The normalized spacial score (nSPS) is 12.6. The van der Waals surface area contributed by atoms with E-state index in [0.717, 1.165) is 5.56 Å². The molecule has 4 heteroatoms. The molecule has 1 aromatic carbocycles. The summed E-state index contributed by atoms with van der Waals surface area (Å²) in [6, 6.07) is 9.13. The van der Waals surface area contributed by atoms with Crippen LogP contribution < -0.4 is 0 Å². The van der Waals surface area contributed by atoms with Crippen molar-refractivity contribution >= 4 is 6.09 Å². The smallest absolute Gasteiger partial charge is 0.435 e. The molecule has 104 valence electrons. The van der Waals surface area contributed by atoms with Gasteiger partial charge in [-0.2, -0.15) is 5.06 Å². The fourth-order valence-electron chi connectivity index (χ4n) is 1.63. The number of hydrogen-bond donors (Lipinski definition) is 0. The van der Waals surface area contributed by atoms with Gasteiger partial charge in [-0.05, 0) is 26.3 Å². The van der Waals surface area contributed by atoms with E-state index in [2.05, 4.69) is 6.58 Å². The summed E-state index contributed by atoms with van der Waals surface area (Å²) in [7, 11) is 1.43. The van der Waals surface area contributed by atoms with Crippen molar-refractivity contribution in [2.75, 3.05) is 7.11 Å². The van der Waals surface area contributed by atoms with Gasteiger partial charge in [-0.25, -0.2) is 4.79 Å². The van der Waals surface area contributed by atoms with E-state index in [1.54, 1.807) is 6.08 Å². The van der Waals surface area contributed by atoms with Crippen LogP contribution >= 0.6 is 0 Å². The fraction of sp³-hybridized carbons (Fsp3) is 0.400. The minimum Gasteiger partial charge on any atom is -0.442 e. The molecule has 0 fully saturated rings. The quantitative estimate of drug-likeness (QED) is 0.614. The van der Waals surface area contributed by atoms with Gasteiger partial charge in [0.1, 0.15) is 11.6 Å². The van der Waals surface area contributed by atoms with Crippen LogP contribution in [-0.2, 0) is 9.57 Å². The maximum atomic E-state index is 12.1. The SMILES string of the molecule is C=C[C@H](c1ccccc1)N(OC)C(=O)OC(C)(C)C. The molecule has 0 saturated heterocycles. The molecule has 4 nitrogen and oxygen atoms in total. The van der Waals surface area contributed by atoms with Crippen molar-refractivity contribution in [2.45, 2.75) is 32.4 Å². The van der Waals surface area contributed by atoms with Crippen molar-refractivity contribution in [3.63, 3.8) is 0 Å². The number of ether oxygens (including phenoxy) is 1. The first-order chi connectivity index (χ1) is 8.89. The number of hydrogen-bond acceptors (Lipinski definition) is 3. The summed E-state index contributed by atoms with van der Waals surface area (Å²) in [5, 5.41) is 1.17. The Morgan fingerprint density at radius 3 is 2.32 bits per heavy atom. The first-order valence-corrected chi connectivity index (χ1v) is 6.13. The zero-order chi connectivity index (χ0) is 14.5. The second-order valence-electron chi connectivity index (χ2n) is 5.08. The van der Waals surface area contributed by atoms with Gasteiger partial charge in [0.25, 0.3) is 0 Å². The lowest BCUT2D eigenvalue weighted by Gasteiger charge is -2.30. The number of nitrogens with zero attached hydrogens (tertiary/aromatic N) is 1. The third kappa shape index (κ3) is 4.41. The molecule has 1 atom stereocenters. The molecule has 0 aliphatic heterocycles. The van der Waals surface area contributed by atoms with Gasteiger partial charge < -0.3 is 4.74 Å². The first kappa shape index (κ1) is 15.2. The van der Waals surface area contributed by atoms with Crippen LogP contribution in [0.2, 0.25) is 0 Å². The van der Waals surface area contributed by atoms with Crippen molar-refractivity contribution in [2.24, 2.45) is 0 Å². The van der Waals surface area contributed by atoms with Crippen LogP contribution in [0.15, 0.2) is 43.0 Å². The Labute approximate surface area is 114 Å². The van der Waals surface area contributed by atoms with Gasteiger partial charge in [-0.1, -0.05) is 36.4 Å². The minimum absolute atomic E-state index is 0.388. The minimum atomic E-state index is -0.573. The summed E-state index contributed by atoms with van der Waals surface area (Å²) in [5.41, 5.74) is 0.334. The van der Waals surface area contributed by atoms with Crippen LogP contribution in [0.1, 0.15) is 32.4 Å². The Kier molecular flexibility index (Phi) is 5.12. The number of benzene rings is 1. The van der Waals surface area contributed by atoms with E-state index in [1.807, 2.05) is 51.1 Å². The van der Waals surface area contributed by atoms with E-state index in [-0.39, 0.29) is 6.04 Å². The Balaban J connectivity index is 2.94. The molecule has 0 heterocycles. The van der Waals surface area contributed by atoms with E-state index >= 15 is 0 Å². The van der Waals surface area contributed by atoms with Gasteiger partial charge in [0.15, 0.2) is 0 Å². The second kappa shape index (κ2) is 6.38. The van der Waals surface area contributed by atoms with Crippen molar-refractivity contribution in [3.05, 3.63) is 48.6 Å². The van der Waals surface area contributed by atoms with Crippen LogP contribution in [0.25, 0.3) is 0 Å². The topological polar surface area (TPSA) is 38.8 Å². The molecule has 0 radical (unpaired) electrons. The van der Waals surface area contributed by atoms with Gasteiger partial charge in [0, 0.05) is 0 Å². The highest BCUT2D eigenvalue weighted by Crippen LogP contribution is 2.24. The molecule has 1 aromatic rings. The Morgan fingerprint density at radius 1 is 1.32 bits per heavy atom. The molecule has 0 spiro atoms. The van der Waals surface area contributed by atoms with Gasteiger partial charge in [-0.3, -0.25) is 4.84 Å². The number of amides is 1. The maximum Gasteiger partial charge on any atom is 0.435 e. The molecule has 0 aliphatic rings. The van der Waals surface area contributed by atoms with E-state index in [9.17, 15) is 4.79 Å². The summed E-state index contributed by atoms with van der Waals surface area (Å²) >= 11 is 0. The maximum absolute atomic E-state index is 12.1. The zero-order valence-corrected chi connectivity index (χ0v) is 11.9. The number of hydroxylamine groups is 2. The van der Waals surface area contributed by atoms with Crippen LogP contribution in [-0.4, -0.2) is 23.9 Å². The van der Waals surface area contributed by atoms with Crippen LogP contribution in [0.5, 0.6) is 0 Å². The molecule has 0 aliphatic carbocycles. The van der Waals surface area contributed by atoms with Crippen molar-refractivity contribution in [1.29, 1.82) is 0 Å². The lowest BCUT2D eigenvalue weighted by atomic mass is 10.1. The van der Waals surface area contributed by atoms with E-state index in [1.165, 1.54) is 12.2 Å². The summed E-state index contributed by atoms with van der Waals surface area (Å²) in [4.78, 5) is 17.2. The molecular weight excluding hydrogens is 242 g/mol. The van der Waals surface area contributed by atoms with Crippen LogP contribution in [0.3, 0.4) is 0 Å². The molecule has 1 amide bonds. The summed E-state index contributed by atoms with van der Waals surface area (Å²) in [6.07, 6.45) is 1.10. The molecular formula is C15H21NO3. The average molecular weight is 263 g/mol. The van der Waals surface area contributed by atoms with E-state index in [0.29, 0.717) is 0 Å². The fourth-order valence-corrected chi connectivity index (χ4v) is 1.63. The first-order valence-electron chi connectivity index (χ1n) is 6.13. The highest BCUT2D eigenvalue weighted by Gasteiger charge is 2.28. The van der Waals surface area contributed by atoms with Crippen molar-refractivity contribution in [3.8, 4) is 0 Å². The molecule has 0 saturated carbocycles. The molecule has 0 bridgehead atoms. The monoisotopic (exact) mass is 263 g/mol. The third-order valence-electron chi connectivity index (χ3n) is 2.39. The van der Waals surface area contributed by atoms with E-state index < -0.39 is 11.7 Å². The standard InChI is InChI=1S/C15H21NO3/c1-6-13(12-10-8-7-9-11-12)16(18-5)14(17)19-15(2,3)4/h6-11,13H,1H2,2-5H3/t13-/m1/s1. The van der Waals surface area contributed by atoms with Crippen LogP contribution in [0, 0.1) is 0 Å². The molecule has 0 N–H and O–H groups in total. The number of rotatable bonds is 4. The highest BCUT2D eigenvalue weighted by atomic mass is 16.7. The summed E-state index contributed by atoms with van der Waals surface area (Å²) in [5.74, 6) is 0. The predicted molar refractivity (Wildman–Crippen MR) is 74.5 cm³/mol. The zero-order valence-electron chi connectivity index (χ0n) is 11.9. The Morgan fingerprint density at radius 2 is 1.89 bits per heavy atom. The van der Waals surface area contributed by atoms with Gasteiger partial charge in [-0.15, -0.1) is 6.58 Å². The van der Waals surface area contributed by atoms with Crippen LogP contribution in [0.4, 0.5) is 4.79 Å². The average Bonchev–Trinajstić information content (AvgIpc) is 2.34. The largest absolute Gasteiger partial charge is 0.442 e. The molecule has 19 heavy (non-hydrogen) atoms. The van der Waals surface area contributed by atoms with Crippen molar-refractivity contribution < 1.29 is 14.4 Å². The lowest BCUT2D eigenvalue weighted by molar-refractivity contribution is -0.140. The number of carbonyl (C=O) groups is 1. The van der Waals surface area contributed by atoms with Gasteiger partial charge >= 0.3 is 6.09 Å². The lowest BCUT2D eigenvalue weighted by Crippen LogP contribution is -2.38. The van der Waals surface area contributed by atoms with Gasteiger partial charge in [0.05, 0.1) is 7.11 Å². The molecule has 0 aromatic heterocycles. The third-order valence-corrected chi connectivity index (χ3v) is 2.39. The number of carbonyl (C=O) groups excluding carboxylic acids is 1. The predicted octanol–water partition coefficient (Wildman–Crippen LogP) is 3.71. The molecule has 0 unspecified atom stereocenters. The Hall–Kier alpha value is -1.81. The van der Waals surface area contributed by atoms with Gasteiger partial charge in [0.2, 0.25) is 0 Å². The second-order valence-corrected chi connectivity index (χ2v) is 5.08. The summed E-state index contributed by atoms with van der Waals surface area (Å²) in [6.45, 7) is 9.18. The molecule has 1 rings (SSSR count). The highest BCUT2D eigenvalue weighted by molar-refractivity contribution is 5.68. The summed E-state index contributed by atoms with van der Waals surface area (Å²) < 4.78 is 5.31. The Bertz CT molecular complexity index is 423. The van der Waals surface area contributed by atoms with Crippen molar-refractivity contribution in [1.82, 2.24) is 5.06 Å². The van der Waals surface area contributed by atoms with E-state index in [4.69, 9.17) is 9.57 Å².